The molecule has 0 aliphatic carbocycles. The summed E-state index contributed by atoms with van der Waals surface area (Å²) in [7, 11) is 0. The molecule has 0 aliphatic heterocycles. The molecule has 0 atom stereocenters. The molecule has 0 bridgehead atoms. The molecule has 2 aromatic carbocycles. The number of phenols is 2. The number of carbonyl (C=O) groups is 1. The molecule has 9 nitrogen and oxygen atoms in total. The number of nitrogens with zero attached hydrogens (tertiary/aromatic N) is 4. The SMILES string of the molecule is Cc1cnc2cccc(-n3c(NC(N)=O)nnc3-c3cc(C(C)C)c(O)cc3O)c2c1. The molecular formula is C22H22N6O3. The summed E-state index contributed by atoms with van der Waals surface area (Å²) in [6, 6.07) is 9.65. The lowest BCUT2D eigenvalue weighted by Gasteiger charge is -2.16. The number of hydrogen-bond donors (Lipinski definition) is 4. The number of benzene rings is 2. The third-order valence-corrected chi connectivity index (χ3v) is 4.99. The van der Waals surface area contributed by atoms with Crippen molar-refractivity contribution in [3.63, 3.8) is 0 Å². The summed E-state index contributed by atoms with van der Waals surface area (Å²) in [5.74, 6) is 0.189. The van der Waals surface area contributed by atoms with Crippen molar-refractivity contribution < 1.29 is 15.0 Å². The molecular weight excluding hydrogens is 396 g/mol. The van der Waals surface area contributed by atoms with Crippen LogP contribution in [0.15, 0.2) is 42.6 Å². The van der Waals surface area contributed by atoms with Crippen molar-refractivity contribution in [2.45, 2.75) is 26.7 Å². The first-order chi connectivity index (χ1) is 14.8. The molecule has 0 spiro atoms. The van der Waals surface area contributed by atoms with E-state index in [-0.39, 0.29) is 29.2 Å². The quantitative estimate of drug-likeness (QED) is 0.397. The van der Waals surface area contributed by atoms with E-state index in [1.807, 2.05) is 45.0 Å². The van der Waals surface area contributed by atoms with Crippen molar-refractivity contribution in [1.29, 1.82) is 0 Å². The zero-order valence-electron chi connectivity index (χ0n) is 17.3. The van der Waals surface area contributed by atoms with E-state index in [2.05, 4.69) is 20.5 Å². The standard InChI is InChI=1S/C22H22N6O3/c1-11(2)13-8-15(19(30)9-18(13)29)20-26-27-22(25-21(23)31)28(20)17-6-4-5-16-14(17)7-12(3)10-24-16/h4-11,29-30H,1-3H3,(H3,23,25,27,31). The van der Waals surface area contributed by atoms with E-state index in [0.717, 1.165) is 16.5 Å². The Morgan fingerprint density at radius 1 is 1.13 bits per heavy atom. The first-order valence-corrected chi connectivity index (χ1v) is 9.70. The molecule has 0 saturated heterocycles. The molecule has 4 aromatic rings. The first-order valence-electron chi connectivity index (χ1n) is 9.70. The number of primary amides is 1. The van der Waals surface area contributed by atoms with Gasteiger partial charge in [-0.05, 0) is 48.2 Å². The van der Waals surface area contributed by atoms with Gasteiger partial charge >= 0.3 is 6.03 Å². The number of nitrogens with two attached hydrogens (primary N) is 1. The molecule has 2 amide bonds. The van der Waals surface area contributed by atoms with Crippen molar-refractivity contribution in [3.05, 3.63) is 53.7 Å². The van der Waals surface area contributed by atoms with Crippen LogP contribution in [-0.4, -0.2) is 36.0 Å². The minimum Gasteiger partial charge on any atom is -0.508 e. The van der Waals surface area contributed by atoms with Gasteiger partial charge < -0.3 is 15.9 Å². The smallest absolute Gasteiger partial charge is 0.319 e. The Balaban J connectivity index is 2.05. The van der Waals surface area contributed by atoms with Gasteiger partial charge in [0.05, 0.1) is 16.8 Å². The molecule has 158 valence electrons. The van der Waals surface area contributed by atoms with E-state index in [9.17, 15) is 15.0 Å². The number of rotatable bonds is 4. The van der Waals surface area contributed by atoms with Crippen molar-refractivity contribution >= 4 is 22.9 Å². The van der Waals surface area contributed by atoms with Crippen LogP contribution in [0.5, 0.6) is 11.5 Å². The lowest BCUT2D eigenvalue weighted by molar-refractivity contribution is 0.259. The Hall–Kier alpha value is -4.14. The summed E-state index contributed by atoms with van der Waals surface area (Å²) in [6.07, 6.45) is 1.77. The van der Waals surface area contributed by atoms with Crippen LogP contribution in [0.2, 0.25) is 0 Å². The fourth-order valence-electron chi connectivity index (χ4n) is 3.55. The third-order valence-electron chi connectivity index (χ3n) is 4.99. The minimum absolute atomic E-state index is 0.00309. The highest BCUT2D eigenvalue weighted by Gasteiger charge is 2.23. The van der Waals surface area contributed by atoms with Crippen LogP contribution < -0.4 is 11.1 Å². The molecule has 2 heterocycles. The van der Waals surface area contributed by atoms with Gasteiger partial charge in [-0.15, -0.1) is 10.2 Å². The van der Waals surface area contributed by atoms with Gasteiger partial charge in [0, 0.05) is 17.6 Å². The number of aromatic hydroxyl groups is 2. The van der Waals surface area contributed by atoms with Gasteiger partial charge in [-0.1, -0.05) is 19.9 Å². The lowest BCUT2D eigenvalue weighted by Crippen LogP contribution is -2.22. The number of fused-ring (bicyclic) bond motifs is 1. The van der Waals surface area contributed by atoms with Crippen LogP contribution in [0.3, 0.4) is 0 Å². The van der Waals surface area contributed by atoms with Crippen LogP contribution in [0, 0.1) is 6.92 Å². The van der Waals surface area contributed by atoms with Crippen LogP contribution in [-0.2, 0) is 0 Å². The number of anilines is 1. The summed E-state index contributed by atoms with van der Waals surface area (Å²) in [4.78, 5) is 16.1. The van der Waals surface area contributed by atoms with E-state index >= 15 is 0 Å². The predicted molar refractivity (Wildman–Crippen MR) is 117 cm³/mol. The van der Waals surface area contributed by atoms with Gasteiger partial charge in [0.15, 0.2) is 5.82 Å². The third kappa shape index (κ3) is 3.61. The molecule has 5 N–H and O–H groups in total. The topological polar surface area (TPSA) is 139 Å². The minimum atomic E-state index is -0.799. The van der Waals surface area contributed by atoms with Crippen LogP contribution in [0.4, 0.5) is 10.7 Å². The van der Waals surface area contributed by atoms with Gasteiger partial charge in [-0.25, -0.2) is 4.79 Å². The van der Waals surface area contributed by atoms with Gasteiger partial charge in [-0.3, -0.25) is 14.9 Å². The molecule has 0 unspecified atom stereocenters. The number of nitrogens with one attached hydrogen (secondary N) is 1. The zero-order valence-corrected chi connectivity index (χ0v) is 17.3. The monoisotopic (exact) mass is 418 g/mol. The number of hydrogen-bond acceptors (Lipinski definition) is 6. The highest BCUT2D eigenvalue weighted by atomic mass is 16.3. The van der Waals surface area contributed by atoms with Crippen LogP contribution in [0.1, 0.15) is 30.9 Å². The Labute approximate surface area is 178 Å². The maximum absolute atomic E-state index is 11.6. The predicted octanol–water partition coefficient (Wildman–Crippen LogP) is 3.82. The second-order valence-corrected chi connectivity index (χ2v) is 7.61. The van der Waals surface area contributed by atoms with Crippen molar-refractivity contribution in [2.24, 2.45) is 5.73 Å². The number of pyridine rings is 1. The van der Waals surface area contributed by atoms with Crippen molar-refractivity contribution in [2.75, 3.05) is 5.32 Å². The summed E-state index contributed by atoms with van der Waals surface area (Å²) in [5.41, 5.74) is 8.68. The van der Waals surface area contributed by atoms with E-state index < -0.39 is 6.03 Å². The summed E-state index contributed by atoms with van der Waals surface area (Å²) >= 11 is 0. The van der Waals surface area contributed by atoms with Gasteiger partial charge in [0.25, 0.3) is 0 Å². The average Bonchev–Trinajstić information content (AvgIpc) is 3.09. The van der Waals surface area contributed by atoms with Gasteiger partial charge in [-0.2, -0.15) is 0 Å². The molecule has 4 rings (SSSR count). The Morgan fingerprint density at radius 3 is 2.61 bits per heavy atom. The largest absolute Gasteiger partial charge is 0.508 e. The van der Waals surface area contributed by atoms with Crippen LogP contribution >= 0.6 is 0 Å². The van der Waals surface area contributed by atoms with E-state index in [1.165, 1.54) is 6.07 Å². The van der Waals surface area contributed by atoms with E-state index in [0.29, 0.717) is 16.8 Å². The molecule has 31 heavy (non-hydrogen) atoms. The number of urea groups is 1. The highest BCUT2D eigenvalue weighted by molar-refractivity contribution is 5.91. The van der Waals surface area contributed by atoms with Gasteiger partial charge in [0.1, 0.15) is 11.5 Å². The summed E-state index contributed by atoms with van der Waals surface area (Å²) < 4.78 is 1.60. The summed E-state index contributed by atoms with van der Waals surface area (Å²) in [5, 5.41) is 32.4. The second kappa shape index (κ2) is 7.60. The maximum atomic E-state index is 11.6. The fourth-order valence-corrected chi connectivity index (χ4v) is 3.55. The normalized spacial score (nSPS) is 11.2. The molecule has 0 fully saturated rings. The summed E-state index contributed by atoms with van der Waals surface area (Å²) in [6.45, 7) is 5.79. The number of phenolic OH excluding ortho intramolecular Hbond substituents is 2. The van der Waals surface area contributed by atoms with Gasteiger partial charge in [0.2, 0.25) is 5.95 Å². The molecule has 2 aromatic heterocycles. The Morgan fingerprint density at radius 2 is 1.90 bits per heavy atom. The number of aromatic nitrogens is 4. The average molecular weight is 418 g/mol. The van der Waals surface area contributed by atoms with Crippen LogP contribution in [0.25, 0.3) is 28.0 Å². The molecule has 9 heteroatoms. The van der Waals surface area contributed by atoms with E-state index in [4.69, 9.17) is 5.73 Å². The van der Waals surface area contributed by atoms with Crippen molar-refractivity contribution in [3.8, 4) is 28.6 Å². The fraction of sp³-hybridized carbons (Fsp3) is 0.182. The number of carbonyl (C=O) groups excluding carboxylic acids is 1. The Kier molecular flexibility index (Phi) is 4.94. The molecule has 0 saturated carbocycles. The molecule has 0 radical (unpaired) electrons. The van der Waals surface area contributed by atoms with E-state index in [1.54, 1.807) is 16.8 Å². The Bertz CT molecular complexity index is 1310. The first kappa shape index (κ1) is 20.1. The zero-order chi connectivity index (χ0) is 22.3. The second-order valence-electron chi connectivity index (χ2n) is 7.61. The molecule has 0 aliphatic rings. The number of amides is 2. The number of aryl methyl sites for hydroxylation is 1. The lowest BCUT2D eigenvalue weighted by atomic mass is 9.98. The highest BCUT2D eigenvalue weighted by Crippen LogP contribution is 2.39. The maximum Gasteiger partial charge on any atom is 0.319 e. The van der Waals surface area contributed by atoms with Crippen molar-refractivity contribution in [1.82, 2.24) is 19.7 Å².